The van der Waals surface area contributed by atoms with Crippen LogP contribution in [0, 0.1) is 10.1 Å². The minimum absolute atomic E-state index is 0.0717. The van der Waals surface area contributed by atoms with E-state index in [2.05, 4.69) is 10.1 Å². The Morgan fingerprint density at radius 1 is 1.10 bits per heavy atom. The number of halogens is 1. The summed E-state index contributed by atoms with van der Waals surface area (Å²) in [7, 11) is 0. The first kappa shape index (κ1) is 13.3. The van der Waals surface area contributed by atoms with Crippen LogP contribution in [-0.2, 0) is 0 Å². The molecule has 1 aromatic carbocycles. The summed E-state index contributed by atoms with van der Waals surface area (Å²) in [6.45, 7) is 0. The fourth-order valence-electron chi connectivity index (χ4n) is 1.97. The molecule has 21 heavy (non-hydrogen) atoms. The molecule has 0 saturated carbocycles. The number of hydrogen-bond acceptors (Lipinski definition) is 4. The number of hydrogen-bond donors (Lipinski definition) is 0. The summed E-state index contributed by atoms with van der Waals surface area (Å²) in [6, 6.07) is 14.1. The van der Waals surface area contributed by atoms with Crippen molar-refractivity contribution in [2.75, 3.05) is 0 Å². The van der Waals surface area contributed by atoms with Crippen molar-refractivity contribution in [2.45, 2.75) is 0 Å². The molecule has 0 saturated heterocycles. The van der Waals surface area contributed by atoms with Crippen LogP contribution in [0.15, 0.2) is 54.7 Å². The molecule has 7 heteroatoms. The Balaban J connectivity index is 2.24. The maximum atomic E-state index is 11.3. The van der Waals surface area contributed by atoms with Gasteiger partial charge < -0.3 is 0 Å². The number of nitrogens with zero attached hydrogens (tertiary/aromatic N) is 4. The van der Waals surface area contributed by atoms with Gasteiger partial charge in [-0.25, -0.2) is 4.98 Å². The molecular weight excluding hydrogens is 292 g/mol. The lowest BCUT2D eigenvalue weighted by Gasteiger charge is -1.99. The highest BCUT2D eigenvalue weighted by molar-refractivity contribution is 6.32. The average molecular weight is 301 g/mol. The van der Waals surface area contributed by atoms with E-state index in [1.807, 2.05) is 6.07 Å². The van der Waals surface area contributed by atoms with Gasteiger partial charge in [0.2, 0.25) is 5.15 Å². The molecule has 0 bridgehead atoms. The zero-order chi connectivity index (χ0) is 14.8. The number of benzene rings is 1. The highest BCUT2D eigenvalue weighted by Gasteiger charge is 2.28. The minimum Gasteiger partial charge on any atom is -0.258 e. The topological polar surface area (TPSA) is 73.8 Å². The molecule has 104 valence electrons. The fraction of sp³-hybridized carbons (Fsp3) is 0. The van der Waals surface area contributed by atoms with Gasteiger partial charge in [-0.15, -0.1) is 0 Å². The summed E-state index contributed by atoms with van der Waals surface area (Å²) >= 11 is 6.13. The average Bonchev–Trinajstić information content (AvgIpc) is 2.87. The quantitative estimate of drug-likeness (QED) is 0.548. The molecule has 0 unspecified atom stereocenters. The third kappa shape index (κ3) is 2.36. The van der Waals surface area contributed by atoms with E-state index in [9.17, 15) is 10.1 Å². The van der Waals surface area contributed by atoms with Gasteiger partial charge in [0.15, 0.2) is 11.5 Å². The second-order valence-electron chi connectivity index (χ2n) is 4.21. The van der Waals surface area contributed by atoms with E-state index in [1.165, 1.54) is 4.68 Å². The zero-order valence-corrected chi connectivity index (χ0v) is 11.4. The monoisotopic (exact) mass is 300 g/mol. The molecule has 0 N–H and O–H groups in total. The smallest absolute Gasteiger partial charge is 0.258 e. The highest BCUT2D eigenvalue weighted by atomic mass is 35.5. The van der Waals surface area contributed by atoms with Crippen molar-refractivity contribution in [1.29, 1.82) is 0 Å². The molecule has 0 spiro atoms. The zero-order valence-electron chi connectivity index (χ0n) is 10.7. The van der Waals surface area contributed by atoms with E-state index in [0.717, 1.165) is 0 Å². The Hall–Kier alpha value is -2.73. The standard InChI is InChI=1S/C14H9ClN4O2/c15-14-13(19(20)21)12(10-6-2-1-3-7-10)17-18(14)11-8-4-5-9-16-11/h1-9H. The first-order valence-corrected chi connectivity index (χ1v) is 6.46. The molecule has 3 aromatic rings. The molecule has 6 nitrogen and oxygen atoms in total. The Morgan fingerprint density at radius 2 is 1.81 bits per heavy atom. The Labute approximate surface area is 124 Å². The molecule has 0 radical (unpaired) electrons. The van der Waals surface area contributed by atoms with E-state index >= 15 is 0 Å². The van der Waals surface area contributed by atoms with Gasteiger partial charge in [-0.3, -0.25) is 10.1 Å². The van der Waals surface area contributed by atoms with Crippen LogP contribution in [0.25, 0.3) is 17.1 Å². The third-order valence-corrected chi connectivity index (χ3v) is 3.24. The summed E-state index contributed by atoms with van der Waals surface area (Å²) in [6.07, 6.45) is 1.57. The van der Waals surface area contributed by atoms with Crippen molar-refractivity contribution in [3.05, 3.63) is 70.0 Å². The van der Waals surface area contributed by atoms with Crippen LogP contribution >= 0.6 is 11.6 Å². The van der Waals surface area contributed by atoms with E-state index in [0.29, 0.717) is 11.4 Å². The van der Waals surface area contributed by atoms with Crippen LogP contribution in [0.2, 0.25) is 5.15 Å². The summed E-state index contributed by atoms with van der Waals surface area (Å²) in [5.74, 6) is 0.424. The van der Waals surface area contributed by atoms with Gasteiger partial charge in [-0.05, 0) is 12.1 Å². The summed E-state index contributed by atoms with van der Waals surface area (Å²) < 4.78 is 1.27. The van der Waals surface area contributed by atoms with E-state index in [1.54, 1.807) is 48.7 Å². The second kappa shape index (κ2) is 5.34. The lowest BCUT2D eigenvalue weighted by Crippen LogP contribution is -1.99. The molecule has 0 aliphatic carbocycles. The third-order valence-electron chi connectivity index (χ3n) is 2.90. The van der Waals surface area contributed by atoms with Gasteiger partial charge in [-0.1, -0.05) is 48.0 Å². The predicted molar refractivity (Wildman–Crippen MR) is 78.5 cm³/mol. The first-order valence-electron chi connectivity index (χ1n) is 6.08. The number of aromatic nitrogens is 3. The van der Waals surface area contributed by atoms with E-state index in [4.69, 9.17) is 11.6 Å². The van der Waals surface area contributed by atoms with Crippen molar-refractivity contribution in [3.63, 3.8) is 0 Å². The van der Waals surface area contributed by atoms with Crippen LogP contribution in [-0.4, -0.2) is 19.7 Å². The molecule has 0 amide bonds. The molecule has 0 fully saturated rings. The summed E-state index contributed by atoms with van der Waals surface area (Å²) in [5.41, 5.74) is 0.616. The molecule has 0 atom stereocenters. The lowest BCUT2D eigenvalue weighted by atomic mass is 10.1. The van der Waals surface area contributed by atoms with Crippen molar-refractivity contribution in [2.24, 2.45) is 0 Å². The molecular formula is C14H9ClN4O2. The van der Waals surface area contributed by atoms with Crippen LogP contribution in [0.3, 0.4) is 0 Å². The van der Waals surface area contributed by atoms with Crippen LogP contribution < -0.4 is 0 Å². The van der Waals surface area contributed by atoms with Gasteiger partial charge in [-0.2, -0.15) is 9.78 Å². The van der Waals surface area contributed by atoms with Crippen LogP contribution in [0.5, 0.6) is 0 Å². The van der Waals surface area contributed by atoms with Gasteiger partial charge in [0.05, 0.1) is 4.92 Å². The maximum absolute atomic E-state index is 11.3. The van der Waals surface area contributed by atoms with E-state index in [-0.39, 0.29) is 16.5 Å². The Kier molecular flexibility index (Phi) is 3.37. The van der Waals surface area contributed by atoms with Gasteiger partial charge >= 0.3 is 5.69 Å². The molecule has 3 rings (SSSR count). The van der Waals surface area contributed by atoms with E-state index < -0.39 is 4.92 Å². The molecule has 0 aliphatic heterocycles. The van der Waals surface area contributed by atoms with Crippen molar-refractivity contribution in [1.82, 2.24) is 14.8 Å². The predicted octanol–water partition coefficient (Wildman–Crippen LogP) is 3.50. The summed E-state index contributed by atoms with van der Waals surface area (Å²) in [5, 5.41) is 15.5. The van der Waals surface area contributed by atoms with Crippen LogP contribution in [0.1, 0.15) is 0 Å². The first-order chi connectivity index (χ1) is 10.2. The number of nitro groups is 1. The number of pyridine rings is 1. The Morgan fingerprint density at radius 3 is 2.43 bits per heavy atom. The maximum Gasteiger partial charge on any atom is 0.334 e. The van der Waals surface area contributed by atoms with Crippen molar-refractivity contribution < 1.29 is 4.92 Å². The Bertz CT molecular complexity index is 787. The van der Waals surface area contributed by atoms with Crippen LogP contribution in [0.4, 0.5) is 5.69 Å². The SMILES string of the molecule is O=[N+]([O-])c1c(-c2ccccc2)nn(-c2ccccn2)c1Cl. The normalized spacial score (nSPS) is 10.5. The second-order valence-corrected chi connectivity index (χ2v) is 4.57. The molecule has 0 aliphatic rings. The molecule has 2 heterocycles. The molecule has 2 aromatic heterocycles. The largest absolute Gasteiger partial charge is 0.334 e. The van der Waals surface area contributed by atoms with Gasteiger partial charge in [0.25, 0.3) is 0 Å². The lowest BCUT2D eigenvalue weighted by molar-refractivity contribution is -0.384. The fourth-order valence-corrected chi connectivity index (χ4v) is 2.26. The number of rotatable bonds is 3. The van der Waals surface area contributed by atoms with Crippen molar-refractivity contribution >= 4 is 17.3 Å². The minimum atomic E-state index is -0.531. The van der Waals surface area contributed by atoms with Gasteiger partial charge in [0.1, 0.15) is 0 Å². The van der Waals surface area contributed by atoms with Gasteiger partial charge in [0, 0.05) is 11.8 Å². The van der Waals surface area contributed by atoms with Crippen molar-refractivity contribution in [3.8, 4) is 17.1 Å². The highest BCUT2D eigenvalue weighted by Crippen LogP contribution is 2.36. The summed E-state index contributed by atoms with van der Waals surface area (Å²) in [4.78, 5) is 14.9.